The summed E-state index contributed by atoms with van der Waals surface area (Å²) in [6.45, 7) is 2.19. The Morgan fingerprint density at radius 1 is 0.895 bits per heavy atom. The van der Waals surface area contributed by atoms with Gasteiger partial charge in [0.15, 0.2) is 0 Å². The SMILES string of the molecule is CCCOC(=O)c1ccc(N2C(=O)C(=O)/C(=C(\O)c3cccc4ccccc34)C2c2ccc(O)cc2)cc1. The second-order valence-electron chi connectivity index (χ2n) is 8.97. The fraction of sp³-hybridized carbons (Fsp3) is 0.129. The zero-order valence-electron chi connectivity index (χ0n) is 20.6. The molecule has 38 heavy (non-hydrogen) atoms. The molecule has 0 aromatic heterocycles. The van der Waals surface area contributed by atoms with E-state index in [1.807, 2.05) is 37.3 Å². The molecule has 0 saturated carbocycles. The number of benzene rings is 4. The predicted octanol–water partition coefficient (Wildman–Crippen LogP) is 5.74. The van der Waals surface area contributed by atoms with E-state index >= 15 is 0 Å². The minimum Gasteiger partial charge on any atom is -0.508 e. The number of aromatic hydroxyl groups is 1. The topological polar surface area (TPSA) is 104 Å². The molecule has 1 amide bonds. The van der Waals surface area contributed by atoms with Gasteiger partial charge in [-0.25, -0.2) is 4.79 Å². The molecule has 0 aliphatic carbocycles. The maximum Gasteiger partial charge on any atom is 0.338 e. The van der Waals surface area contributed by atoms with Crippen LogP contribution < -0.4 is 4.90 Å². The van der Waals surface area contributed by atoms with Crippen molar-refractivity contribution in [2.45, 2.75) is 19.4 Å². The van der Waals surface area contributed by atoms with Crippen molar-refractivity contribution >= 4 is 39.9 Å². The number of hydrogen-bond donors (Lipinski definition) is 2. The van der Waals surface area contributed by atoms with Gasteiger partial charge in [0, 0.05) is 11.3 Å². The summed E-state index contributed by atoms with van der Waals surface area (Å²) in [7, 11) is 0. The standard InChI is InChI=1S/C31H25NO6/c1-2-18-38-31(37)21-10-14-22(15-11-21)32-27(20-12-16-23(33)17-13-20)26(29(35)30(32)36)28(34)25-9-5-7-19-6-3-4-8-24(19)25/h3-17,27,33-34H,2,18H2,1H3/b28-26-. The van der Waals surface area contributed by atoms with E-state index in [4.69, 9.17) is 4.74 Å². The molecule has 1 unspecified atom stereocenters. The number of Topliss-reactive ketones (excluding diaryl/α,β-unsaturated/α-hetero) is 1. The lowest BCUT2D eigenvalue weighted by Gasteiger charge is -2.25. The molecule has 1 heterocycles. The van der Waals surface area contributed by atoms with Gasteiger partial charge in [-0.3, -0.25) is 14.5 Å². The molecule has 190 valence electrons. The molecule has 0 radical (unpaired) electrons. The van der Waals surface area contributed by atoms with E-state index < -0.39 is 23.7 Å². The van der Waals surface area contributed by atoms with Crippen LogP contribution in [0.15, 0.2) is 96.6 Å². The number of hydrogen-bond acceptors (Lipinski definition) is 6. The van der Waals surface area contributed by atoms with Crippen LogP contribution in [-0.2, 0) is 14.3 Å². The Hall–Kier alpha value is -4.91. The van der Waals surface area contributed by atoms with Crippen molar-refractivity contribution in [3.63, 3.8) is 0 Å². The zero-order valence-corrected chi connectivity index (χ0v) is 20.6. The van der Waals surface area contributed by atoms with Crippen LogP contribution in [0.1, 0.15) is 40.9 Å². The summed E-state index contributed by atoms with van der Waals surface area (Å²) >= 11 is 0. The molecule has 1 saturated heterocycles. The number of esters is 1. The molecule has 2 N–H and O–H groups in total. The fourth-order valence-electron chi connectivity index (χ4n) is 4.68. The maximum atomic E-state index is 13.5. The lowest BCUT2D eigenvalue weighted by Crippen LogP contribution is -2.29. The third-order valence-electron chi connectivity index (χ3n) is 6.52. The first-order valence-electron chi connectivity index (χ1n) is 12.3. The quantitative estimate of drug-likeness (QED) is 0.149. The van der Waals surface area contributed by atoms with Gasteiger partial charge in [0.25, 0.3) is 11.7 Å². The Kier molecular flexibility index (Phi) is 6.66. The minimum atomic E-state index is -0.965. The van der Waals surface area contributed by atoms with Crippen LogP contribution in [0.5, 0.6) is 5.75 Å². The van der Waals surface area contributed by atoms with E-state index in [9.17, 15) is 24.6 Å². The number of ketones is 1. The predicted molar refractivity (Wildman–Crippen MR) is 144 cm³/mol. The molecule has 4 aromatic carbocycles. The first-order valence-corrected chi connectivity index (χ1v) is 12.3. The lowest BCUT2D eigenvalue weighted by atomic mass is 9.93. The molecular formula is C31H25NO6. The maximum absolute atomic E-state index is 13.5. The van der Waals surface area contributed by atoms with E-state index in [0.29, 0.717) is 35.4 Å². The smallest absolute Gasteiger partial charge is 0.338 e. The van der Waals surface area contributed by atoms with Crippen LogP contribution in [0.2, 0.25) is 0 Å². The highest BCUT2D eigenvalue weighted by Gasteiger charge is 2.47. The largest absolute Gasteiger partial charge is 0.508 e. The first kappa shape index (κ1) is 24.8. The summed E-state index contributed by atoms with van der Waals surface area (Å²) < 4.78 is 5.18. The molecule has 1 aliphatic heterocycles. The minimum absolute atomic E-state index is 0.0229. The van der Waals surface area contributed by atoms with Crippen LogP contribution in [0.3, 0.4) is 0 Å². The van der Waals surface area contributed by atoms with Gasteiger partial charge in [-0.2, -0.15) is 0 Å². The number of anilines is 1. The van der Waals surface area contributed by atoms with Crippen molar-refractivity contribution in [2.24, 2.45) is 0 Å². The number of amides is 1. The van der Waals surface area contributed by atoms with Crippen LogP contribution in [0.4, 0.5) is 5.69 Å². The number of carbonyl (C=O) groups excluding carboxylic acids is 3. The summed E-state index contributed by atoms with van der Waals surface area (Å²) in [6, 6.07) is 24.2. The van der Waals surface area contributed by atoms with Crippen molar-refractivity contribution in [1.29, 1.82) is 0 Å². The number of aliphatic hydroxyl groups excluding tert-OH is 1. The lowest BCUT2D eigenvalue weighted by molar-refractivity contribution is -0.132. The van der Waals surface area contributed by atoms with Gasteiger partial charge in [0.1, 0.15) is 11.5 Å². The number of nitrogens with zero attached hydrogens (tertiary/aromatic N) is 1. The second kappa shape index (κ2) is 10.2. The summed E-state index contributed by atoms with van der Waals surface area (Å²) in [4.78, 5) is 40.4. The van der Waals surface area contributed by atoms with Crippen molar-refractivity contribution in [3.8, 4) is 5.75 Å². The van der Waals surface area contributed by atoms with Crippen LogP contribution in [0.25, 0.3) is 16.5 Å². The summed E-state index contributed by atoms with van der Waals surface area (Å²) in [5.74, 6) is -2.40. The first-order chi connectivity index (χ1) is 18.4. The number of phenolic OH excluding ortho intramolecular Hbond substituents is 1. The molecule has 5 rings (SSSR count). The number of aliphatic hydroxyl groups is 1. The van der Waals surface area contributed by atoms with Gasteiger partial charge >= 0.3 is 5.97 Å². The van der Waals surface area contributed by atoms with Gasteiger partial charge in [0.05, 0.1) is 23.8 Å². The average molecular weight is 508 g/mol. The van der Waals surface area contributed by atoms with Gasteiger partial charge < -0.3 is 14.9 Å². The van der Waals surface area contributed by atoms with Crippen molar-refractivity contribution in [3.05, 3.63) is 113 Å². The third-order valence-corrected chi connectivity index (χ3v) is 6.52. The Morgan fingerprint density at radius 2 is 1.58 bits per heavy atom. The zero-order chi connectivity index (χ0) is 26.8. The molecular weight excluding hydrogens is 482 g/mol. The Balaban J connectivity index is 1.65. The molecule has 4 aromatic rings. The number of ether oxygens (including phenoxy) is 1. The van der Waals surface area contributed by atoms with E-state index in [0.717, 1.165) is 10.8 Å². The average Bonchev–Trinajstić information content (AvgIpc) is 3.21. The molecule has 1 fully saturated rings. The summed E-state index contributed by atoms with van der Waals surface area (Å²) in [5, 5.41) is 23.0. The Labute approximate surface area is 219 Å². The van der Waals surface area contributed by atoms with Crippen molar-refractivity contribution in [2.75, 3.05) is 11.5 Å². The Bertz CT molecular complexity index is 1570. The third kappa shape index (κ3) is 4.39. The van der Waals surface area contributed by atoms with Crippen molar-refractivity contribution in [1.82, 2.24) is 0 Å². The van der Waals surface area contributed by atoms with Gasteiger partial charge in [-0.15, -0.1) is 0 Å². The van der Waals surface area contributed by atoms with E-state index in [1.165, 1.54) is 29.2 Å². The van der Waals surface area contributed by atoms with Gasteiger partial charge in [0.2, 0.25) is 0 Å². The highest BCUT2D eigenvalue weighted by Crippen LogP contribution is 2.43. The summed E-state index contributed by atoms with van der Waals surface area (Å²) in [5.41, 5.74) is 1.57. The molecule has 0 spiro atoms. The van der Waals surface area contributed by atoms with E-state index in [-0.39, 0.29) is 17.1 Å². The number of phenols is 1. The van der Waals surface area contributed by atoms with Gasteiger partial charge in [-0.1, -0.05) is 61.5 Å². The second-order valence-corrected chi connectivity index (χ2v) is 8.97. The summed E-state index contributed by atoms with van der Waals surface area (Å²) in [6.07, 6.45) is 0.692. The monoisotopic (exact) mass is 507 g/mol. The number of carbonyl (C=O) groups is 3. The molecule has 1 aliphatic rings. The molecule has 7 nitrogen and oxygen atoms in total. The van der Waals surface area contributed by atoms with Crippen LogP contribution in [-0.4, -0.2) is 34.5 Å². The normalized spacial score (nSPS) is 16.7. The van der Waals surface area contributed by atoms with Crippen molar-refractivity contribution < 1.29 is 29.3 Å². The van der Waals surface area contributed by atoms with Crippen LogP contribution in [0, 0.1) is 0 Å². The van der Waals surface area contributed by atoms with E-state index in [1.54, 1.807) is 36.4 Å². The van der Waals surface area contributed by atoms with Crippen LogP contribution >= 0.6 is 0 Å². The molecule has 1 atom stereocenters. The fourth-order valence-corrected chi connectivity index (χ4v) is 4.68. The highest BCUT2D eigenvalue weighted by atomic mass is 16.5. The Morgan fingerprint density at radius 3 is 2.29 bits per heavy atom. The van der Waals surface area contributed by atoms with E-state index in [2.05, 4.69) is 0 Å². The molecule has 7 heteroatoms. The number of fused-ring (bicyclic) bond motifs is 1. The molecule has 0 bridgehead atoms. The van der Waals surface area contributed by atoms with Gasteiger partial charge in [-0.05, 0) is 59.2 Å². The highest BCUT2D eigenvalue weighted by molar-refractivity contribution is 6.51. The number of rotatable bonds is 6.